The SMILES string of the molecule is CC(C)(C)OC(=O)NC[C@H]1C[C@@H]1CNC(=O)OC(C)(C)C. The standard InChI is InChI=1S/C15H28N2O4/c1-14(2,3)20-12(18)16-8-10-7-11(10)9-17-13(19)21-15(4,5)6/h10-11H,7-9H2,1-6H3,(H,16,18)(H,17,19)/t10-,11-/m1/s1. The van der Waals surface area contributed by atoms with Gasteiger partial charge in [0.15, 0.2) is 0 Å². The number of carbonyl (C=O) groups is 2. The van der Waals surface area contributed by atoms with Gasteiger partial charge in [0.1, 0.15) is 11.2 Å². The number of ether oxygens (including phenoxy) is 2. The lowest BCUT2D eigenvalue weighted by Crippen LogP contribution is -2.35. The summed E-state index contributed by atoms with van der Waals surface area (Å²) >= 11 is 0. The van der Waals surface area contributed by atoms with Crippen molar-refractivity contribution in [2.45, 2.75) is 59.2 Å². The number of carbonyl (C=O) groups excluding carboxylic acids is 2. The van der Waals surface area contributed by atoms with E-state index in [2.05, 4.69) is 10.6 Å². The van der Waals surface area contributed by atoms with Crippen LogP contribution in [0, 0.1) is 11.8 Å². The monoisotopic (exact) mass is 300 g/mol. The third kappa shape index (κ3) is 8.42. The van der Waals surface area contributed by atoms with E-state index in [0.29, 0.717) is 24.9 Å². The summed E-state index contributed by atoms with van der Waals surface area (Å²) in [7, 11) is 0. The fourth-order valence-electron chi connectivity index (χ4n) is 1.87. The van der Waals surface area contributed by atoms with Gasteiger partial charge in [-0.05, 0) is 59.8 Å². The van der Waals surface area contributed by atoms with Gasteiger partial charge in [0.25, 0.3) is 0 Å². The molecule has 1 aliphatic rings. The second kappa shape index (κ2) is 6.54. The van der Waals surface area contributed by atoms with Gasteiger partial charge in [-0.25, -0.2) is 9.59 Å². The molecule has 0 aromatic carbocycles. The van der Waals surface area contributed by atoms with E-state index in [1.54, 1.807) is 0 Å². The number of hydrogen-bond donors (Lipinski definition) is 2. The van der Waals surface area contributed by atoms with Crippen molar-refractivity contribution in [3.05, 3.63) is 0 Å². The minimum atomic E-state index is -0.481. The summed E-state index contributed by atoms with van der Waals surface area (Å²) in [5.74, 6) is 0.792. The molecule has 2 N–H and O–H groups in total. The molecule has 1 rings (SSSR count). The number of rotatable bonds is 4. The molecule has 122 valence electrons. The third-order valence-electron chi connectivity index (χ3n) is 2.88. The van der Waals surface area contributed by atoms with Crippen molar-refractivity contribution in [3.63, 3.8) is 0 Å². The average Bonchev–Trinajstić information content (AvgIpc) is 2.97. The van der Waals surface area contributed by atoms with Crippen LogP contribution in [0.1, 0.15) is 48.0 Å². The lowest BCUT2D eigenvalue weighted by molar-refractivity contribution is 0.0506. The molecular formula is C15H28N2O4. The maximum Gasteiger partial charge on any atom is 0.407 e. The molecule has 0 heterocycles. The Morgan fingerprint density at radius 2 is 1.19 bits per heavy atom. The third-order valence-corrected chi connectivity index (χ3v) is 2.88. The Morgan fingerprint density at radius 1 is 0.857 bits per heavy atom. The number of amides is 2. The zero-order valence-corrected chi connectivity index (χ0v) is 13.9. The number of alkyl carbamates (subject to hydrolysis) is 2. The normalized spacial score (nSPS) is 21.4. The fraction of sp³-hybridized carbons (Fsp3) is 0.867. The van der Waals surface area contributed by atoms with Gasteiger partial charge in [0.2, 0.25) is 0 Å². The average molecular weight is 300 g/mol. The fourth-order valence-corrected chi connectivity index (χ4v) is 1.87. The Bertz CT molecular complexity index is 346. The molecule has 0 bridgehead atoms. The van der Waals surface area contributed by atoms with Crippen LogP contribution in [0.2, 0.25) is 0 Å². The lowest BCUT2D eigenvalue weighted by atomic mass is 10.2. The maximum atomic E-state index is 11.5. The highest BCUT2D eigenvalue weighted by molar-refractivity contribution is 5.68. The summed E-state index contributed by atoms with van der Waals surface area (Å²) in [6.45, 7) is 12.1. The minimum absolute atomic E-state index is 0.395. The van der Waals surface area contributed by atoms with E-state index >= 15 is 0 Å². The highest BCUT2D eigenvalue weighted by Gasteiger charge is 2.37. The summed E-state index contributed by atoms with van der Waals surface area (Å²) in [4.78, 5) is 23.0. The summed E-state index contributed by atoms with van der Waals surface area (Å²) in [6.07, 6.45) is 0.201. The second-order valence-corrected chi connectivity index (χ2v) is 7.52. The predicted molar refractivity (Wildman–Crippen MR) is 80.1 cm³/mol. The van der Waals surface area contributed by atoms with Crippen LogP contribution in [-0.2, 0) is 9.47 Å². The molecule has 1 aliphatic carbocycles. The van der Waals surface area contributed by atoms with Gasteiger partial charge >= 0.3 is 12.2 Å². The maximum absolute atomic E-state index is 11.5. The Kier molecular flexibility index (Phi) is 5.48. The number of hydrogen-bond acceptors (Lipinski definition) is 4. The molecule has 0 radical (unpaired) electrons. The van der Waals surface area contributed by atoms with E-state index in [9.17, 15) is 9.59 Å². The molecule has 1 fully saturated rings. The van der Waals surface area contributed by atoms with Crippen molar-refractivity contribution in [3.8, 4) is 0 Å². The van der Waals surface area contributed by atoms with Crippen LogP contribution >= 0.6 is 0 Å². The molecule has 2 atom stereocenters. The topological polar surface area (TPSA) is 76.7 Å². The molecule has 0 aromatic heterocycles. The molecule has 0 aromatic rings. The first-order valence-corrected chi connectivity index (χ1v) is 7.40. The summed E-state index contributed by atoms with van der Waals surface area (Å²) < 4.78 is 10.3. The molecule has 0 saturated heterocycles. The Hall–Kier alpha value is -1.46. The quantitative estimate of drug-likeness (QED) is 0.837. The first-order chi connectivity index (χ1) is 9.46. The molecule has 6 heteroatoms. The van der Waals surface area contributed by atoms with Gasteiger partial charge < -0.3 is 20.1 Å². The van der Waals surface area contributed by atoms with Crippen LogP contribution in [0.5, 0.6) is 0 Å². The molecule has 1 saturated carbocycles. The van der Waals surface area contributed by atoms with Crippen LogP contribution in [-0.4, -0.2) is 36.5 Å². The molecule has 6 nitrogen and oxygen atoms in total. The van der Waals surface area contributed by atoms with Crippen LogP contribution in [0.15, 0.2) is 0 Å². The highest BCUT2D eigenvalue weighted by atomic mass is 16.6. The number of nitrogens with one attached hydrogen (secondary N) is 2. The Morgan fingerprint density at radius 3 is 1.48 bits per heavy atom. The van der Waals surface area contributed by atoms with Gasteiger partial charge in [-0.2, -0.15) is 0 Å². The van der Waals surface area contributed by atoms with E-state index in [1.807, 2.05) is 41.5 Å². The van der Waals surface area contributed by atoms with E-state index in [-0.39, 0.29) is 0 Å². The van der Waals surface area contributed by atoms with Crippen molar-refractivity contribution < 1.29 is 19.1 Å². The van der Waals surface area contributed by atoms with E-state index < -0.39 is 23.4 Å². The smallest absolute Gasteiger partial charge is 0.407 e. The van der Waals surface area contributed by atoms with E-state index in [0.717, 1.165) is 6.42 Å². The van der Waals surface area contributed by atoms with E-state index in [1.165, 1.54) is 0 Å². The molecular weight excluding hydrogens is 272 g/mol. The van der Waals surface area contributed by atoms with Gasteiger partial charge in [0, 0.05) is 13.1 Å². The molecule has 0 spiro atoms. The zero-order valence-electron chi connectivity index (χ0n) is 13.9. The van der Waals surface area contributed by atoms with E-state index in [4.69, 9.17) is 9.47 Å². The van der Waals surface area contributed by atoms with Crippen molar-refractivity contribution in [1.82, 2.24) is 10.6 Å². The van der Waals surface area contributed by atoms with Crippen LogP contribution in [0.4, 0.5) is 9.59 Å². The van der Waals surface area contributed by atoms with Crippen LogP contribution in [0.25, 0.3) is 0 Å². The first kappa shape index (κ1) is 17.6. The molecule has 0 aliphatic heterocycles. The molecule has 0 unspecified atom stereocenters. The predicted octanol–water partition coefficient (Wildman–Crippen LogP) is 2.67. The second-order valence-electron chi connectivity index (χ2n) is 7.52. The minimum Gasteiger partial charge on any atom is -0.444 e. The van der Waals surface area contributed by atoms with Gasteiger partial charge in [-0.3, -0.25) is 0 Å². The first-order valence-electron chi connectivity index (χ1n) is 7.40. The van der Waals surface area contributed by atoms with Gasteiger partial charge in [-0.1, -0.05) is 0 Å². The van der Waals surface area contributed by atoms with Crippen LogP contribution in [0.3, 0.4) is 0 Å². The molecule has 2 amide bonds. The van der Waals surface area contributed by atoms with Gasteiger partial charge in [-0.15, -0.1) is 0 Å². The lowest BCUT2D eigenvalue weighted by Gasteiger charge is -2.20. The van der Waals surface area contributed by atoms with Gasteiger partial charge in [0.05, 0.1) is 0 Å². The van der Waals surface area contributed by atoms with Crippen molar-refractivity contribution in [1.29, 1.82) is 0 Å². The highest BCUT2D eigenvalue weighted by Crippen LogP contribution is 2.37. The molecule has 21 heavy (non-hydrogen) atoms. The summed E-state index contributed by atoms with van der Waals surface area (Å²) in [5, 5.41) is 5.50. The Balaban J connectivity index is 2.12. The van der Waals surface area contributed by atoms with Crippen LogP contribution < -0.4 is 10.6 Å². The van der Waals surface area contributed by atoms with Crippen molar-refractivity contribution in [2.24, 2.45) is 11.8 Å². The Labute approximate surface area is 126 Å². The van der Waals surface area contributed by atoms with Crippen molar-refractivity contribution >= 4 is 12.2 Å². The zero-order chi connectivity index (χ0) is 16.3. The van der Waals surface area contributed by atoms with Crippen molar-refractivity contribution in [2.75, 3.05) is 13.1 Å². The largest absolute Gasteiger partial charge is 0.444 e. The summed E-state index contributed by atoms with van der Waals surface area (Å²) in [5.41, 5.74) is -0.962. The summed E-state index contributed by atoms with van der Waals surface area (Å²) in [6, 6.07) is 0.